The van der Waals surface area contributed by atoms with Crippen LogP contribution in [0.1, 0.15) is 36.8 Å². The molecule has 4 rings (SSSR count). The minimum absolute atomic E-state index is 0.0217. The van der Waals surface area contributed by atoms with Crippen LogP contribution in [0.3, 0.4) is 0 Å². The molecule has 1 aliphatic rings. The molecule has 0 radical (unpaired) electrons. The van der Waals surface area contributed by atoms with E-state index in [1.54, 1.807) is 22.8 Å². The highest BCUT2D eigenvalue weighted by Crippen LogP contribution is 2.33. The Hall–Kier alpha value is -2.90. The monoisotopic (exact) mass is 360 g/mol. The van der Waals surface area contributed by atoms with Crippen molar-refractivity contribution in [1.29, 1.82) is 0 Å². The lowest BCUT2D eigenvalue weighted by atomic mass is 10.1. The summed E-state index contributed by atoms with van der Waals surface area (Å²) in [5, 5.41) is 2.75. The summed E-state index contributed by atoms with van der Waals surface area (Å²) in [5.41, 5.74) is 1.75. The van der Waals surface area contributed by atoms with Crippen LogP contribution < -0.4 is 5.32 Å². The molecule has 1 N–H and O–H groups in total. The van der Waals surface area contributed by atoms with Crippen molar-refractivity contribution in [3.8, 4) is 5.69 Å². The lowest BCUT2D eigenvalue weighted by molar-refractivity contribution is -0.141. The first-order valence-electron chi connectivity index (χ1n) is 8.14. The highest BCUT2D eigenvalue weighted by molar-refractivity contribution is 5.99. The van der Waals surface area contributed by atoms with Crippen molar-refractivity contribution >= 4 is 22.8 Å². The lowest BCUT2D eigenvalue weighted by Gasteiger charge is -2.13. The second-order valence-electron chi connectivity index (χ2n) is 6.56. The number of anilines is 1. The van der Waals surface area contributed by atoms with E-state index < -0.39 is 11.9 Å². The van der Waals surface area contributed by atoms with Crippen molar-refractivity contribution in [3.05, 3.63) is 47.4 Å². The number of benzene rings is 1. The number of pyridine rings is 1. The third kappa shape index (κ3) is 2.61. The normalized spacial score (nSPS) is 14.2. The molecule has 134 valence electrons. The lowest BCUT2D eigenvalue weighted by Crippen LogP contribution is -2.09. The fourth-order valence-corrected chi connectivity index (χ4v) is 3.13. The zero-order valence-electron chi connectivity index (χ0n) is 14.1. The number of nitrogens with one attached hydrogen (secondary N) is 1. The third-order valence-electron chi connectivity index (χ3n) is 4.31. The van der Waals surface area contributed by atoms with Crippen molar-refractivity contribution in [2.24, 2.45) is 0 Å². The SMILES string of the molecule is CC(C)c1nc2ccc(C(F)(F)F)nc2n1-c1ccc2c(c1)CC(=O)N2. The Balaban J connectivity index is 1.97. The fourth-order valence-electron chi connectivity index (χ4n) is 3.13. The number of halogens is 3. The Morgan fingerprint density at radius 1 is 1.15 bits per heavy atom. The average Bonchev–Trinajstić information content (AvgIpc) is 3.11. The van der Waals surface area contributed by atoms with Gasteiger partial charge in [0, 0.05) is 17.3 Å². The van der Waals surface area contributed by atoms with Gasteiger partial charge in [0.05, 0.1) is 6.42 Å². The van der Waals surface area contributed by atoms with Crippen molar-refractivity contribution in [2.45, 2.75) is 32.4 Å². The van der Waals surface area contributed by atoms with E-state index >= 15 is 0 Å². The summed E-state index contributed by atoms with van der Waals surface area (Å²) >= 11 is 0. The zero-order chi connectivity index (χ0) is 18.6. The fraction of sp³-hybridized carbons (Fsp3) is 0.278. The van der Waals surface area contributed by atoms with Gasteiger partial charge in [-0.2, -0.15) is 13.2 Å². The minimum atomic E-state index is -4.53. The van der Waals surface area contributed by atoms with Crippen LogP contribution in [0.4, 0.5) is 18.9 Å². The molecular formula is C18H15F3N4O. The van der Waals surface area contributed by atoms with Gasteiger partial charge >= 0.3 is 6.18 Å². The van der Waals surface area contributed by atoms with Gasteiger partial charge in [-0.1, -0.05) is 13.8 Å². The van der Waals surface area contributed by atoms with Gasteiger partial charge in [0.2, 0.25) is 5.91 Å². The maximum atomic E-state index is 13.1. The molecule has 0 aliphatic carbocycles. The van der Waals surface area contributed by atoms with Crippen LogP contribution in [-0.2, 0) is 17.4 Å². The van der Waals surface area contributed by atoms with Crippen LogP contribution in [-0.4, -0.2) is 20.4 Å². The predicted molar refractivity (Wildman–Crippen MR) is 90.3 cm³/mol. The van der Waals surface area contributed by atoms with E-state index in [4.69, 9.17) is 0 Å². The van der Waals surface area contributed by atoms with Gasteiger partial charge in [0.25, 0.3) is 0 Å². The van der Waals surface area contributed by atoms with Gasteiger partial charge < -0.3 is 5.32 Å². The minimum Gasteiger partial charge on any atom is -0.326 e. The molecule has 0 spiro atoms. The maximum absolute atomic E-state index is 13.1. The number of hydrogen-bond acceptors (Lipinski definition) is 3. The number of alkyl halides is 3. The number of nitrogens with zero attached hydrogens (tertiary/aromatic N) is 3. The predicted octanol–water partition coefficient (Wildman–Crippen LogP) is 4.06. The molecule has 0 unspecified atom stereocenters. The quantitative estimate of drug-likeness (QED) is 0.750. The van der Waals surface area contributed by atoms with E-state index in [-0.39, 0.29) is 23.9 Å². The summed E-state index contributed by atoms with van der Waals surface area (Å²) in [6.45, 7) is 3.83. The highest BCUT2D eigenvalue weighted by Gasteiger charge is 2.33. The van der Waals surface area contributed by atoms with Crippen LogP contribution in [0.15, 0.2) is 30.3 Å². The molecule has 0 bridgehead atoms. The molecule has 5 nitrogen and oxygen atoms in total. The molecule has 1 amide bonds. The summed E-state index contributed by atoms with van der Waals surface area (Å²) < 4.78 is 40.9. The Morgan fingerprint density at radius 3 is 2.62 bits per heavy atom. The first kappa shape index (κ1) is 16.6. The van der Waals surface area contributed by atoms with Crippen molar-refractivity contribution in [2.75, 3.05) is 5.32 Å². The standard InChI is InChI=1S/C18H15F3N4O/c1-9(2)16-23-13-5-6-14(18(19,20)21)24-17(13)25(16)11-3-4-12-10(7-11)8-15(26)22-12/h3-7,9H,8H2,1-2H3,(H,22,26). The molecule has 1 aliphatic heterocycles. The summed E-state index contributed by atoms with van der Waals surface area (Å²) in [4.78, 5) is 19.9. The first-order valence-corrected chi connectivity index (χ1v) is 8.14. The number of carbonyl (C=O) groups is 1. The largest absolute Gasteiger partial charge is 0.433 e. The van der Waals surface area contributed by atoms with Gasteiger partial charge in [0.15, 0.2) is 5.65 Å². The van der Waals surface area contributed by atoms with E-state index in [1.165, 1.54) is 6.07 Å². The number of hydrogen-bond donors (Lipinski definition) is 1. The van der Waals surface area contributed by atoms with Crippen molar-refractivity contribution < 1.29 is 18.0 Å². The van der Waals surface area contributed by atoms with E-state index in [9.17, 15) is 18.0 Å². The van der Waals surface area contributed by atoms with E-state index in [0.29, 0.717) is 17.0 Å². The number of rotatable bonds is 2. The summed E-state index contributed by atoms with van der Waals surface area (Å²) in [6.07, 6.45) is -4.29. The first-order chi connectivity index (χ1) is 12.2. The third-order valence-corrected chi connectivity index (χ3v) is 4.31. The van der Waals surface area contributed by atoms with Gasteiger partial charge in [-0.25, -0.2) is 9.97 Å². The highest BCUT2D eigenvalue weighted by atomic mass is 19.4. The number of imidazole rings is 1. The second-order valence-corrected chi connectivity index (χ2v) is 6.56. The second kappa shape index (κ2) is 5.55. The van der Waals surface area contributed by atoms with Crippen molar-refractivity contribution in [3.63, 3.8) is 0 Å². The molecule has 26 heavy (non-hydrogen) atoms. The Kier molecular flexibility index (Phi) is 3.54. The number of aromatic nitrogens is 3. The molecule has 0 saturated carbocycles. The van der Waals surface area contributed by atoms with Crippen LogP contribution in [0.25, 0.3) is 16.9 Å². The summed E-state index contributed by atoms with van der Waals surface area (Å²) in [6, 6.07) is 7.57. The average molecular weight is 360 g/mol. The van der Waals surface area contributed by atoms with Crippen LogP contribution in [0.2, 0.25) is 0 Å². The molecule has 2 aromatic heterocycles. The molecular weight excluding hydrogens is 345 g/mol. The molecule has 1 aromatic carbocycles. The van der Waals surface area contributed by atoms with Crippen LogP contribution >= 0.6 is 0 Å². The zero-order valence-corrected chi connectivity index (χ0v) is 14.1. The summed E-state index contributed by atoms with van der Waals surface area (Å²) in [5.74, 6) is 0.491. The van der Waals surface area contributed by atoms with Gasteiger partial charge in [-0.3, -0.25) is 9.36 Å². The van der Waals surface area contributed by atoms with Crippen molar-refractivity contribution in [1.82, 2.24) is 14.5 Å². The summed E-state index contributed by atoms with van der Waals surface area (Å²) in [7, 11) is 0. The smallest absolute Gasteiger partial charge is 0.326 e. The van der Waals surface area contributed by atoms with Gasteiger partial charge in [0.1, 0.15) is 17.0 Å². The topological polar surface area (TPSA) is 59.8 Å². The van der Waals surface area contributed by atoms with E-state index in [1.807, 2.05) is 13.8 Å². The van der Waals surface area contributed by atoms with Crippen LogP contribution in [0, 0.1) is 0 Å². The Bertz CT molecular complexity index is 1040. The molecule has 0 fully saturated rings. The van der Waals surface area contributed by atoms with Gasteiger partial charge in [-0.15, -0.1) is 0 Å². The molecule has 3 aromatic rings. The molecule has 0 atom stereocenters. The Labute approximate surface area is 146 Å². The molecule has 0 saturated heterocycles. The molecule has 8 heteroatoms. The number of amides is 1. The van der Waals surface area contributed by atoms with Crippen LogP contribution in [0.5, 0.6) is 0 Å². The Morgan fingerprint density at radius 2 is 1.92 bits per heavy atom. The number of fused-ring (bicyclic) bond motifs is 2. The number of carbonyl (C=O) groups excluding carboxylic acids is 1. The molecule has 3 heterocycles. The van der Waals surface area contributed by atoms with E-state index in [0.717, 1.165) is 17.3 Å². The maximum Gasteiger partial charge on any atom is 0.433 e. The van der Waals surface area contributed by atoms with E-state index in [2.05, 4.69) is 15.3 Å². The van der Waals surface area contributed by atoms with Gasteiger partial charge in [-0.05, 0) is 35.9 Å².